The van der Waals surface area contributed by atoms with Gasteiger partial charge in [0.1, 0.15) is 5.75 Å². The minimum atomic E-state index is 0.304. The minimum Gasteiger partial charge on any atom is -0.496 e. The van der Waals surface area contributed by atoms with E-state index in [1.54, 1.807) is 13.2 Å². The Hall–Kier alpha value is -1.57. The molecule has 108 valence electrons. The van der Waals surface area contributed by atoms with Crippen LogP contribution in [0.4, 0.5) is 0 Å². The molecule has 1 aromatic carbocycles. The summed E-state index contributed by atoms with van der Waals surface area (Å²) in [5.74, 6) is 0.827. The topological polar surface area (TPSA) is 54.3 Å². The van der Waals surface area contributed by atoms with E-state index < -0.39 is 0 Å². The van der Waals surface area contributed by atoms with Gasteiger partial charge in [-0.25, -0.2) is 0 Å². The fourth-order valence-electron chi connectivity index (χ4n) is 2.53. The van der Waals surface area contributed by atoms with Crippen LogP contribution in [0.2, 0.25) is 0 Å². The van der Waals surface area contributed by atoms with Crippen LogP contribution in [0.15, 0.2) is 18.2 Å². The predicted molar refractivity (Wildman–Crippen MR) is 77.6 cm³/mol. The molecule has 0 spiro atoms. The smallest absolute Gasteiger partial charge is 0.123 e. The summed E-state index contributed by atoms with van der Waals surface area (Å²) in [6, 6.07) is 7.69. The molecule has 0 aliphatic carbocycles. The molecule has 0 aromatic heterocycles. The molecule has 0 atom stereocenters. The summed E-state index contributed by atoms with van der Waals surface area (Å²) in [4.78, 5) is 0. The highest BCUT2D eigenvalue weighted by Crippen LogP contribution is 2.29. The van der Waals surface area contributed by atoms with E-state index in [0.29, 0.717) is 11.0 Å². The third-order valence-corrected chi connectivity index (χ3v) is 3.98. The zero-order valence-corrected chi connectivity index (χ0v) is 12.2. The van der Waals surface area contributed by atoms with Crippen molar-refractivity contribution in [3.05, 3.63) is 29.3 Å². The van der Waals surface area contributed by atoms with Crippen molar-refractivity contribution in [3.63, 3.8) is 0 Å². The molecular weight excluding hydrogens is 252 g/mol. The number of nitrogens with one attached hydrogen (secondary N) is 1. The van der Waals surface area contributed by atoms with Crippen LogP contribution in [-0.2, 0) is 11.3 Å². The summed E-state index contributed by atoms with van der Waals surface area (Å²) < 4.78 is 10.8. The van der Waals surface area contributed by atoms with Crippen LogP contribution in [0.1, 0.15) is 30.9 Å². The number of hydrogen-bond acceptors (Lipinski definition) is 4. The van der Waals surface area contributed by atoms with Gasteiger partial charge in [0, 0.05) is 31.9 Å². The van der Waals surface area contributed by atoms with Crippen LogP contribution in [0.25, 0.3) is 0 Å². The average Bonchev–Trinajstić information content (AvgIpc) is 2.47. The molecule has 0 bridgehead atoms. The predicted octanol–water partition coefficient (Wildman–Crippen LogP) is 2.47. The SMILES string of the molecule is COc1ccc(C#N)cc1CNCC1(C)CCOCC1. The van der Waals surface area contributed by atoms with Gasteiger partial charge in [0.2, 0.25) is 0 Å². The van der Waals surface area contributed by atoms with Crippen LogP contribution in [0.3, 0.4) is 0 Å². The number of hydrogen-bond donors (Lipinski definition) is 1. The summed E-state index contributed by atoms with van der Waals surface area (Å²) in [6.07, 6.45) is 2.19. The molecule has 4 heteroatoms. The van der Waals surface area contributed by atoms with Gasteiger partial charge in [0.25, 0.3) is 0 Å². The van der Waals surface area contributed by atoms with Gasteiger partial charge < -0.3 is 14.8 Å². The molecule has 1 N–H and O–H groups in total. The molecule has 0 radical (unpaired) electrons. The second-order valence-corrected chi connectivity index (χ2v) is 5.67. The van der Waals surface area contributed by atoms with Crippen molar-refractivity contribution in [2.45, 2.75) is 26.3 Å². The molecule has 1 aliphatic rings. The second kappa shape index (κ2) is 6.74. The lowest BCUT2D eigenvalue weighted by atomic mass is 9.82. The third kappa shape index (κ3) is 3.72. The quantitative estimate of drug-likeness (QED) is 0.896. The van der Waals surface area contributed by atoms with Crippen molar-refractivity contribution in [1.29, 1.82) is 5.26 Å². The van der Waals surface area contributed by atoms with E-state index in [2.05, 4.69) is 18.3 Å². The molecular formula is C16H22N2O2. The van der Waals surface area contributed by atoms with E-state index in [0.717, 1.165) is 50.5 Å². The summed E-state index contributed by atoms with van der Waals surface area (Å²) >= 11 is 0. The Kier molecular flexibility index (Phi) is 4.99. The van der Waals surface area contributed by atoms with Crippen LogP contribution in [0.5, 0.6) is 5.75 Å². The first-order valence-corrected chi connectivity index (χ1v) is 7.02. The van der Waals surface area contributed by atoms with E-state index in [1.165, 1.54) is 0 Å². The zero-order valence-electron chi connectivity index (χ0n) is 12.2. The summed E-state index contributed by atoms with van der Waals surface area (Å²) in [5.41, 5.74) is 2.00. The van der Waals surface area contributed by atoms with Crippen molar-refractivity contribution < 1.29 is 9.47 Å². The lowest BCUT2D eigenvalue weighted by molar-refractivity contribution is 0.0240. The average molecular weight is 274 g/mol. The maximum absolute atomic E-state index is 8.97. The summed E-state index contributed by atoms with van der Waals surface area (Å²) in [7, 11) is 1.66. The van der Waals surface area contributed by atoms with Gasteiger partial charge in [-0.15, -0.1) is 0 Å². The molecule has 4 nitrogen and oxygen atoms in total. The number of ether oxygens (including phenoxy) is 2. The number of methoxy groups -OCH3 is 1. The lowest BCUT2D eigenvalue weighted by Crippen LogP contribution is -2.36. The van der Waals surface area contributed by atoms with Gasteiger partial charge in [0.15, 0.2) is 0 Å². The number of benzene rings is 1. The van der Waals surface area contributed by atoms with E-state index in [-0.39, 0.29) is 0 Å². The van der Waals surface area contributed by atoms with Crippen molar-refractivity contribution in [3.8, 4) is 11.8 Å². The van der Waals surface area contributed by atoms with Gasteiger partial charge in [0.05, 0.1) is 18.7 Å². The standard InChI is InChI=1S/C16H22N2O2/c1-16(5-7-20-8-6-16)12-18-11-14-9-13(10-17)3-4-15(14)19-2/h3-4,9,18H,5-8,11-12H2,1-2H3. The molecule has 1 fully saturated rings. The first-order valence-electron chi connectivity index (χ1n) is 7.02. The zero-order chi connectivity index (χ0) is 14.4. The highest BCUT2D eigenvalue weighted by Gasteiger charge is 2.26. The molecule has 0 saturated carbocycles. The maximum atomic E-state index is 8.97. The maximum Gasteiger partial charge on any atom is 0.123 e. The fourth-order valence-corrected chi connectivity index (χ4v) is 2.53. The Morgan fingerprint density at radius 3 is 2.80 bits per heavy atom. The third-order valence-electron chi connectivity index (χ3n) is 3.98. The first-order chi connectivity index (χ1) is 9.67. The first kappa shape index (κ1) is 14.8. The molecule has 1 aromatic rings. The van der Waals surface area contributed by atoms with Gasteiger partial charge in [-0.3, -0.25) is 0 Å². The van der Waals surface area contributed by atoms with Crippen molar-refractivity contribution in [2.24, 2.45) is 5.41 Å². The van der Waals surface area contributed by atoms with E-state index in [4.69, 9.17) is 14.7 Å². The fraction of sp³-hybridized carbons (Fsp3) is 0.562. The van der Waals surface area contributed by atoms with E-state index in [1.807, 2.05) is 12.1 Å². The summed E-state index contributed by atoms with van der Waals surface area (Å²) in [6.45, 7) is 5.67. The Morgan fingerprint density at radius 1 is 1.40 bits per heavy atom. The minimum absolute atomic E-state index is 0.304. The Bertz CT molecular complexity index is 488. The van der Waals surface area contributed by atoms with Crippen LogP contribution < -0.4 is 10.1 Å². The normalized spacial score (nSPS) is 17.4. The molecule has 0 amide bonds. The van der Waals surface area contributed by atoms with Crippen molar-refractivity contribution in [2.75, 3.05) is 26.9 Å². The Balaban J connectivity index is 1.94. The highest BCUT2D eigenvalue weighted by molar-refractivity contribution is 5.41. The monoisotopic (exact) mass is 274 g/mol. The summed E-state index contributed by atoms with van der Waals surface area (Å²) in [5, 5.41) is 12.5. The molecule has 1 saturated heterocycles. The van der Waals surface area contributed by atoms with Crippen molar-refractivity contribution >= 4 is 0 Å². The van der Waals surface area contributed by atoms with Gasteiger partial charge in [-0.2, -0.15) is 5.26 Å². The number of nitriles is 1. The van der Waals surface area contributed by atoms with E-state index in [9.17, 15) is 0 Å². The van der Waals surface area contributed by atoms with Gasteiger partial charge >= 0.3 is 0 Å². The molecule has 1 heterocycles. The van der Waals surface area contributed by atoms with Gasteiger partial charge in [-0.1, -0.05) is 6.92 Å². The second-order valence-electron chi connectivity index (χ2n) is 5.67. The highest BCUT2D eigenvalue weighted by atomic mass is 16.5. The lowest BCUT2D eigenvalue weighted by Gasteiger charge is -2.33. The molecule has 20 heavy (non-hydrogen) atoms. The van der Waals surface area contributed by atoms with Gasteiger partial charge in [-0.05, 0) is 36.5 Å². The van der Waals surface area contributed by atoms with E-state index >= 15 is 0 Å². The molecule has 2 rings (SSSR count). The largest absolute Gasteiger partial charge is 0.496 e. The Labute approximate surface area is 120 Å². The Morgan fingerprint density at radius 2 is 2.15 bits per heavy atom. The van der Waals surface area contributed by atoms with Crippen LogP contribution in [-0.4, -0.2) is 26.9 Å². The number of rotatable bonds is 5. The van der Waals surface area contributed by atoms with Crippen molar-refractivity contribution in [1.82, 2.24) is 5.32 Å². The molecule has 1 aliphatic heterocycles. The van der Waals surface area contributed by atoms with Crippen LogP contribution >= 0.6 is 0 Å². The number of nitrogens with zero attached hydrogens (tertiary/aromatic N) is 1. The molecule has 0 unspecified atom stereocenters. The van der Waals surface area contributed by atoms with Crippen LogP contribution in [0, 0.1) is 16.7 Å².